The Kier molecular flexibility index (Phi) is 2.89. The Morgan fingerprint density at radius 2 is 2.26 bits per heavy atom. The normalized spacial score (nSPS) is 11.9. The molecule has 0 aliphatic carbocycles. The van der Waals surface area contributed by atoms with Crippen LogP contribution < -0.4 is 0 Å². The molecule has 4 nitrogen and oxygen atoms in total. The van der Waals surface area contributed by atoms with E-state index in [4.69, 9.17) is 0 Å². The highest BCUT2D eigenvalue weighted by molar-refractivity contribution is 7.11. The van der Waals surface area contributed by atoms with Crippen molar-refractivity contribution in [3.8, 4) is 0 Å². The van der Waals surface area contributed by atoms with Gasteiger partial charge in [0.1, 0.15) is 5.65 Å². The van der Waals surface area contributed by atoms with Crippen molar-refractivity contribution in [1.82, 2.24) is 9.97 Å². The van der Waals surface area contributed by atoms with Crippen LogP contribution in [-0.2, 0) is 4.79 Å². The second kappa shape index (κ2) is 4.70. The third kappa shape index (κ3) is 2.15. The van der Waals surface area contributed by atoms with Crippen molar-refractivity contribution < 1.29 is 9.90 Å². The summed E-state index contributed by atoms with van der Waals surface area (Å²) in [5.74, 6) is -0.930. The zero-order valence-electron chi connectivity index (χ0n) is 9.83. The van der Waals surface area contributed by atoms with Crippen LogP contribution in [0.3, 0.4) is 0 Å². The molecule has 2 N–H and O–H groups in total. The Morgan fingerprint density at radius 3 is 3.00 bits per heavy atom. The van der Waals surface area contributed by atoms with Crippen LogP contribution in [0.15, 0.2) is 42.0 Å². The minimum absolute atomic E-state index is 0.291. The number of carbonyl (C=O) groups is 1. The lowest BCUT2D eigenvalue weighted by Gasteiger charge is -1.98. The van der Waals surface area contributed by atoms with E-state index in [9.17, 15) is 9.90 Å². The number of H-pyrrole nitrogens is 1. The molecule has 0 aliphatic heterocycles. The number of fused-ring (bicyclic) bond motifs is 1. The fourth-order valence-corrected chi connectivity index (χ4v) is 2.66. The van der Waals surface area contributed by atoms with E-state index in [0.29, 0.717) is 5.57 Å². The minimum Gasteiger partial charge on any atom is -0.478 e. The molecule has 5 heteroatoms. The van der Waals surface area contributed by atoms with Gasteiger partial charge in [0.25, 0.3) is 0 Å². The highest BCUT2D eigenvalue weighted by Gasteiger charge is 2.12. The maximum Gasteiger partial charge on any atom is 0.337 e. The van der Waals surface area contributed by atoms with Crippen molar-refractivity contribution in [2.24, 2.45) is 0 Å². The summed E-state index contributed by atoms with van der Waals surface area (Å²) in [6.07, 6.45) is 5.15. The van der Waals surface area contributed by atoms with E-state index in [2.05, 4.69) is 9.97 Å². The molecule has 0 saturated heterocycles. The number of hydrogen-bond acceptors (Lipinski definition) is 3. The summed E-state index contributed by atoms with van der Waals surface area (Å²) in [6, 6.07) is 7.39. The van der Waals surface area contributed by atoms with Crippen LogP contribution in [0.1, 0.15) is 10.4 Å². The molecule has 0 aromatic carbocycles. The summed E-state index contributed by atoms with van der Waals surface area (Å²) in [5, 5.41) is 12.1. The lowest BCUT2D eigenvalue weighted by atomic mass is 10.1. The second-order valence-electron chi connectivity index (χ2n) is 3.98. The van der Waals surface area contributed by atoms with Gasteiger partial charge in [0.15, 0.2) is 0 Å². The number of thiophene rings is 1. The number of carboxylic acids is 1. The summed E-state index contributed by atoms with van der Waals surface area (Å²) >= 11 is 1.41. The van der Waals surface area contributed by atoms with Gasteiger partial charge in [-0.3, -0.25) is 0 Å². The van der Waals surface area contributed by atoms with E-state index in [1.165, 1.54) is 11.3 Å². The molecule has 0 bridgehead atoms. The largest absolute Gasteiger partial charge is 0.478 e. The van der Waals surface area contributed by atoms with Crippen LogP contribution in [0.4, 0.5) is 0 Å². The maximum atomic E-state index is 11.4. The number of pyridine rings is 1. The molecule has 94 valence electrons. The Balaban J connectivity index is 2.15. The molecule has 3 heterocycles. The number of nitrogens with one attached hydrogen (secondary N) is 1. The smallest absolute Gasteiger partial charge is 0.337 e. The van der Waals surface area contributed by atoms with E-state index in [1.807, 2.05) is 23.6 Å². The van der Waals surface area contributed by atoms with Crippen LogP contribution in [0.25, 0.3) is 22.7 Å². The third-order valence-corrected chi connectivity index (χ3v) is 3.70. The minimum atomic E-state index is -0.930. The number of hydrogen-bond donors (Lipinski definition) is 2. The molecule has 0 unspecified atom stereocenters. The number of nitrogens with zero attached hydrogens (tertiary/aromatic N) is 1. The zero-order chi connectivity index (χ0) is 13.2. The summed E-state index contributed by atoms with van der Waals surface area (Å²) in [4.78, 5) is 19.3. The highest BCUT2D eigenvalue weighted by atomic mass is 32.1. The Bertz CT molecular complexity index is 757. The number of rotatable bonds is 3. The van der Waals surface area contributed by atoms with Gasteiger partial charge in [-0.15, -0.1) is 11.3 Å². The van der Waals surface area contributed by atoms with E-state index in [1.54, 1.807) is 24.5 Å². The predicted octanol–water partition coefficient (Wildman–Crippen LogP) is 3.25. The fraction of sp³-hybridized carbons (Fsp3) is 0. The molecule has 0 amide bonds. The van der Waals surface area contributed by atoms with Gasteiger partial charge in [-0.1, -0.05) is 6.07 Å². The molecule has 0 atom stereocenters. The quantitative estimate of drug-likeness (QED) is 0.718. The topological polar surface area (TPSA) is 66.0 Å². The zero-order valence-corrected chi connectivity index (χ0v) is 10.6. The number of carboxylic acid groups (broad SMARTS) is 1. The molecule has 0 spiro atoms. The average Bonchev–Trinajstić information content (AvgIpc) is 3.05. The van der Waals surface area contributed by atoms with Crippen molar-refractivity contribution in [1.29, 1.82) is 0 Å². The standard InChI is InChI=1S/C14H10N2O2S/c17-14(18)11(12-4-2-6-19-12)7-9-8-16-13-10(9)3-1-5-15-13/h1-8H,(H,15,16)(H,17,18)/b11-7+. The first kappa shape index (κ1) is 11.7. The SMILES string of the molecule is O=C(O)/C(=C/c1c[nH]c2ncccc12)c1cccs1. The monoisotopic (exact) mass is 270 g/mol. The summed E-state index contributed by atoms with van der Waals surface area (Å²) in [6.45, 7) is 0. The highest BCUT2D eigenvalue weighted by Crippen LogP contribution is 2.26. The van der Waals surface area contributed by atoms with Crippen molar-refractivity contribution in [2.75, 3.05) is 0 Å². The van der Waals surface area contributed by atoms with Gasteiger partial charge in [-0.05, 0) is 29.7 Å². The molecule has 3 aromatic heterocycles. The van der Waals surface area contributed by atoms with Crippen molar-refractivity contribution >= 4 is 40.0 Å². The Hall–Kier alpha value is -2.40. The van der Waals surface area contributed by atoms with E-state index in [-0.39, 0.29) is 0 Å². The fourth-order valence-electron chi connectivity index (χ4n) is 1.92. The Labute approximate surface area is 113 Å². The molecule has 3 rings (SSSR count). The molecule has 0 aliphatic rings. The van der Waals surface area contributed by atoms with Gasteiger partial charge in [0.2, 0.25) is 0 Å². The molecule has 0 fully saturated rings. The summed E-state index contributed by atoms with van der Waals surface area (Å²) in [5.41, 5.74) is 1.87. The van der Waals surface area contributed by atoms with E-state index < -0.39 is 5.97 Å². The van der Waals surface area contributed by atoms with Crippen LogP contribution in [0.2, 0.25) is 0 Å². The predicted molar refractivity (Wildman–Crippen MR) is 75.9 cm³/mol. The van der Waals surface area contributed by atoms with E-state index in [0.717, 1.165) is 21.5 Å². The average molecular weight is 270 g/mol. The molecule has 0 radical (unpaired) electrons. The van der Waals surface area contributed by atoms with Gasteiger partial charge >= 0.3 is 5.97 Å². The van der Waals surface area contributed by atoms with E-state index >= 15 is 0 Å². The molecular formula is C14H10N2O2S. The van der Waals surface area contributed by atoms with Gasteiger partial charge in [-0.2, -0.15) is 0 Å². The van der Waals surface area contributed by atoms with Crippen LogP contribution in [0, 0.1) is 0 Å². The lowest BCUT2D eigenvalue weighted by molar-refractivity contribution is -0.130. The van der Waals surface area contributed by atoms with Gasteiger partial charge in [0, 0.05) is 28.2 Å². The molecular weight excluding hydrogens is 260 g/mol. The van der Waals surface area contributed by atoms with Crippen LogP contribution >= 0.6 is 11.3 Å². The molecule has 3 aromatic rings. The second-order valence-corrected chi connectivity index (χ2v) is 4.93. The lowest BCUT2D eigenvalue weighted by Crippen LogP contribution is -1.97. The first-order valence-corrected chi connectivity index (χ1v) is 6.54. The summed E-state index contributed by atoms with van der Waals surface area (Å²) in [7, 11) is 0. The molecule has 19 heavy (non-hydrogen) atoms. The van der Waals surface area contributed by atoms with Crippen molar-refractivity contribution in [3.63, 3.8) is 0 Å². The number of aliphatic carboxylic acids is 1. The van der Waals surface area contributed by atoms with Crippen LogP contribution in [-0.4, -0.2) is 21.0 Å². The Morgan fingerprint density at radius 1 is 1.37 bits per heavy atom. The van der Waals surface area contributed by atoms with Gasteiger partial charge < -0.3 is 10.1 Å². The maximum absolute atomic E-state index is 11.4. The summed E-state index contributed by atoms with van der Waals surface area (Å²) < 4.78 is 0. The number of aromatic nitrogens is 2. The first-order valence-electron chi connectivity index (χ1n) is 5.66. The van der Waals surface area contributed by atoms with Crippen molar-refractivity contribution in [2.45, 2.75) is 0 Å². The number of aromatic amines is 1. The van der Waals surface area contributed by atoms with Crippen molar-refractivity contribution in [3.05, 3.63) is 52.5 Å². The van der Waals surface area contributed by atoms with Crippen LogP contribution in [0.5, 0.6) is 0 Å². The van der Waals surface area contributed by atoms with Gasteiger partial charge in [-0.25, -0.2) is 9.78 Å². The first-order chi connectivity index (χ1) is 9.25. The van der Waals surface area contributed by atoms with Gasteiger partial charge in [0.05, 0.1) is 5.57 Å². The molecule has 0 saturated carbocycles. The third-order valence-electron chi connectivity index (χ3n) is 2.80.